The van der Waals surface area contributed by atoms with E-state index in [4.69, 9.17) is 5.11 Å². The van der Waals surface area contributed by atoms with E-state index >= 15 is 0 Å². The third-order valence-electron chi connectivity index (χ3n) is 3.01. The maximum absolute atomic E-state index is 12.6. The van der Waals surface area contributed by atoms with Crippen LogP contribution in [-0.2, 0) is 4.79 Å². The lowest BCUT2D eigenvalue weighted by Crippen LogP contribution is -1.90. The van der Waals surface area contributed by atoms with Crippen LogP contribution in [0.2, 0.25) is 0 Å². The summed E-state index contributed by atoms with van der Waals surface area (Å²) in [7, 11) is 0. The monoisotopic (exact) mass is 346 g/mol. The highest BCUT2D eigenvalue weighted by atomic mass is 19.3. The number of carbonyl (C=O) groups is 1. The first-order valence-corrected chi connectivity index (χ1v) is 7.12. The van der Waals surface area contributed by atoms with Gasteiger partial charge in [0.1, 0.15) is 11.5 Å². The second-order valence-electron chi connectivity index (χ2n) is 4.87. The zero-order valence-electron chi connectivity index (χ0n) is 12.8. The molecule has 0 atom stereocenters. The summed E-state index contributed by atoms with van der Waals surface area (Å²) in [5, 5.41) is 9.17. The number of carbonyl (C=O) groups excluding carboxylic acids is 1. The predicted octanol–water partition coefficient (Wildman–Crippen LogP) is 5.10. The molecule has 128 valence electrons. The molecule has 0 unspecified atom stereocenters. The third-order valence-corrected chi connectivity index (χ3v) is 3.01. The Morgan fingerprint density at radius 1 is 0.840 bits per heavy atom. The van der Waals surface area contributed by atoms with Crippen LogP contribution in [0.15, 0.2) is 72.8 Å². The molecule has 0 aliphatic carbocycles. The van der Waals surface area contributed by atoms with E-state index in [-0.39, 0.29) is 17.3 Å². The van der Waals surface area contributed by atoms with E-state index in [2.05, 4.69) is 4.74 Å². The minimum absolute atomic E-state index is 0.0824. The Labute approximate surface area is 142 Å². The lowest BCUT2D eigenvalue weighted by molar-refractivity contribution is -0.110. The number of ether oxygens (including phenoxy) is 1. The second kappa shape index (κ2) is 8.54. The number of hydrogen-bond donors (Lipinski definition) is 1. The number of phenolic OH excluding ortho intramolecular Hbond substituents is 1. The summed E-state index contributed by atoms with van der Waals surface area (Å²) < 4.78 is 40.8. The van der Waals surface area contributed by atoms with E-state index in [0.717, 1.165) is 5.56 Å². The molecule has 0 amide bonds. The van der Waals surface area contributed by atoms with E-state index in [1.54, 1.807) is 18.2 Å². The Morgan fingerprint density at radius 2 is 1.32 bits per heavy atom. The third kappa shape index (κ3) is 6.02. The first kappa shape index (κ1) is 18.1. The summed E-state index contributed by atoms with van der Waals surface area (Å²) in [6.07, 6.45) is 3.28. The first-order valence-electron chi connectivity index (χ1n) is 7.12. The van der Waals surface area contributed by atoms with Crippen LogP contribution in [0, 0.1) is 0 Å². The fourth-order valence-electron chi connectivity index (χ4n) is 1.79. The van der Waals surface area contributed by atoms with Crippen molar-refractivity contribution in [2.45, 2.75) is 0 Å². The van der Waals surface area contributed by atoms with Gasteiger partial charge in [-0.3, -0.25) is 4.79 Å². The molecule has 0 saturated carbocycles. The van der Waals surface area contributed by atoms with Crippen LogP contribution in [0.25, 0.3) is 12.2 Å². The van der Waals surface area contributed by atoms with Crippen LogP contribution in [0.1, 0.15) is 11.1 Å². The Bertz CT molecular complexity index is 816. The van der Waals surface area contributed by atoms with Crippen LogP contribution in [0.5, 0.6) is 11.5 Å². The Kier molecular flexibility index (Phi) is 6.17. The summed E-state index contributed by atoms with van der Waals surface area (Å²) in [6, 6.07) is 9.99. The predicted molar refractivity (Wildman–Crippen MR) is 88.6 cm³/mol. The number of hydrogen-bond acceptors (Lipinski definition) is 3. The maximum Gasteiger partial charge on any atom is 0.344 e. The van der Waals surface area contributed by atoms with Crippen LogP contribution < -0.4 is 4.74 Å². The van der Waals surface area contributed by atoms with Gasteiger partial charge in [-0.15, -0.1) is 0 Å². The van der Waals surface area contributed by atoms with Gasteiger partial charge < -0.3 is 9.84 Å². The molecule has 2 aromatic rings. The van der Waals surface area contributed by atoms with Gasteiger partial charge in [-0.2, -0.15) is 13.2 Å². The van der Waals surface area contributed by atoms with Crippen molar-refractivity contribution < 1.29 is 27.8 Å². The van der Waals surface area contributed by atoms with Crippen molar-refractivity contribution in [1.29, 1.82) is 0 Å². The van der Waals surface area contributed by atoms with Crippen LogP contribution in [0.4, 0.5) is 13.2 Å². The van der Waals surface area contributed by atoms with Gasteiger partial charge in [-0.05, 0) is 47.5 Å². The average molecular weight is 346 g/mol. The van der Waals surface area contributed by atoms with Gasteiger partial charge in [0.05, 0.1) is 0 Å². The molecule has 0 fully saturated rings. The van der Waals surface area contributed by atoms with E-state index < -0.39 is 12.1 Å². The zero-order chi connectivity index (χ0) is 18.2. The number of rotatable bonds is 6. The highest BCUT2D eigenvalue weighted by Gasteiger charge is 2.07. The van der Waals surface area contributed by atoms with Gasteiger partial charge in [0, 0.05) is 0 Å². The maximum atomic E-state index is 12.6. The number of ketones is 1. The Hall–Kier alpha value is -3.28. The topological polar surface area (TPSA) is 46.5 Å². The second-order valence-corrected chi connectivity index (χ2v) is 4.87. The Morgan fingerprint density at radius 3 is 1.80 bits per heavy atom. The molecule has 25 heavy (non-hydrogen) atoms. The highest BCUT2D eigenvalue weighted by Crippen LogP contribution is 2.19. The van der Waals surface area contributed by atoms with Gasteiger partial charge in [0.15, 0.2) is 5.78 Å². The zero-order valence-corrected chi connectivity index (χ0v) is 12.8. The van der Waals surface area contributed by atoms with Gasteiger partial charge in [-0.1, -0.05) is 36.4 Å². The van der Waals surface area contributed by atoms with Gasteiger partial charge in [0.25, 0.3) is 0 Å². The molecule has 6 heteroatoms. The Balaban J connectivity index is 1.95. The van der Waals surface area contributed by atoms with E-state index in [9.17, 15) is 18.0 Å². The standard InChI is InChI=1S/C19H13F3O3/c20-18(21)19(22)25-17-11-5-14(6-12-17)4-10-16(24)9-3-13-1-7-15(23)8-2-13/h1-12,23H/b9-3+,10-4+. The molecule has 2 aromatic carbocycles. The minimum atomic E-state index is -2.53. The van der Waals surface area contributed by atoms with Crippen molar-refractivity contribution in [2.75, 3.05) is 0 Å². The van der Waals surface area contributed by atoms with Gasteiger partial charge in [0.2, 0.25) is 0 Å². The number of halogens is 3. The molecule has 0 spiro atoms. The number of aromatic hydroxyl groups is 1. The average Bonchev–Trinajstić information content (AvgIpc) is 2.60. The molecule has 0 radical (unpaired) electrons. The summed E-state index contributed by atoms with van der Waals surface area (Å²) >= 11 is 0. The molecular weight excluding hydrogens is 333 g/mol. The van der Waals surface area contributed by atoms with E-state index in [0.29, 0.717) is 5.56 Å². The molecule has 0 aliphatic heterocycles. The quantitative estimate of drug-likeness (QED) is 0.584. The lowest BCUT2D eigenvalue weighted by Gasteiger charge is -2.01. The molecule has 2 rings (SSSR count). The molecular formula is C19H13F3O3. The largest absolute Gasteiger partial charge is 0.508 e. The SMILES string of the molecule is O=C(/C=C/c1ccc(O)cc1)/C=C/c1ccc(OC(F)=C(F)F)cc1. The fourth-order valence-corrected chi connectivity index (χ4v) is 1.79. The summed E-state index contributed by atoms with van der Waals surface area (Å²) in [5.74, 6) is -0.205. The van der Waals surface area contributed by atoms with Crippen molar-refractivity contribution in [3.63, 3.8) is 0 Å². The molecule has 0 aliphatic rings. The molecule has 0 heterocycles. The molecule has 3 nitrogen and oxygen atoms in total. The van der Waals surface area contributed by atoms with Crippen LogP contribution in [-0.4, -0.2) is 10.9 Å². The summed E-state index contributed by atoms with van der Waals surface area (Å²) in [6.45, 7) is 0. The molecule has 0 bridgehead atoms. The first-order chi connectivity index (χ1) is 11.9. The van der Waals surface area contributed by atoms with Crippen LogP contribution in [0.3, 0.4) is 0 Å². The highest BCUT2D eigenvalue weighted by molar-refractivity contribution is 6.04. The number of allylic oxidation sites excluding steroid dienone is 2. The van der Waals surface area contributed by atoms with Crippen LogP contribution >= 0.6 is 0 Å². The van der Waals surface area contributed by atoms with E-state index in [1.165, 1.54) is 54.6 Å². The van der Waals surface area contributed by atoms with Crippen molar-refractivity contribution in [2.24, 2.45) is 0 Å². The normalized spacial score (nSPS) is 11.0. The van der Waals surface area contributed by atoms with Crippen molar-refractivity contribution >= 4 is 17.9 Å². The fraction of sp³-hybridized carbons (Fsp3) is 0. The number of phenols is 1. The molecule has 1 N–H and O–H groups in total. The molecule has 0 aromatic heterocycles. The molecule has 0 saturated heterocycles. The van der Waals surface area contributed by atoms with Crippen molar-refractivity contribution in [3.8, 4) is 11.5 Å². The van der Waals surface area contributed by atoms with Crippen molar-refractivity contribution in [3.05, 3.63) is 83.9 Å². The van der Waals surface area contributed by atoms with Crippen molar-refractivity contribution in [1.82, 2.24) is 0 Å². The lowest BCUT2D eigenvalue weighted by atomic mass is 10.1. The van der Waals surface area contributed by atoms with Gasteiger partial charge in [-0.25, -0.2) is 0 Å². The minimum Gasteiger partial charge on any atom is -0.508 e. The number of benzene rings is 2. The summed E-state index contributed by atoms with van der Waals surface area (Å²) in [5.41, 5.74) is 1.38. The summed E-state index contributed by atoms with van der Waals surface area (Å²) in [4.78, 5) is 11.8. The smallest absolute Gasteiger partial charge is 0.344 e. The van der Waals surface area contributed by atoms with Gasteiger partial charge >= 0.3 is 12.1 Å². The van der Waals surface area contributed by atoms with E-state index in [1.807, 2.05) is 0 Å².